The number of carboxylic acid groups (broad SMARTS) is 4. The highest BCUT2D eigenvalue weighted by atomic mass is 32.2. The zero-order chi connectivity index (χ0) is 48.6. The lowest BCUT2D eigenvalue weighted by Crippen LogP contribution is -2.47. The molecule has 2 heterocycles. The van der Waals surface area contributed by atoms with Crippen LogP contribution in [-0.2, 0) is 35.7 Å². The number of anilines is 2. The largest absolute Gasteiger partial charge is 0.480 e. The van der Waals surface area contributed by atoms with Crippen molar-refractivity contribution in [2.75, 3.05) is 63.5 Å². The lowest BCUT2D eigenvalue weighted by Gasteiger charge is -2.40. The Kier molecular flexibility index (Phi) is 26.3. The summed E-state index contributed by atoms with van der Waals surface area (Å²) in [4.78, 5) is 59.9. The first-order chi connectivity index (χ1) is 29.4. The van der Waals surface area contributed by atoms with Gasteiger partial charge < -0.3 is 70.4 Å². The summed E-state index contributed by atoms with van der Waals surface area (Å²) in [5.41, 5.74) is 41.4. The molecule has 4 atom stereocenters. The van der Waals surface area contributed by atoms with Crippen molar-refractivity contribution >= 4 is 67.8 Å². The zero-order valence-corrected chi connectivity index (χ0v) is 37.0. The van der Waals surface area contributed by atoms with Gasteiger partial charge in [-0.3, -0.25) is 28.6 Å². The third kappa shape index (κ3) is 21.3. The van der Waals surface area contributed by atoms with Crippen molar-refractivity contribution in [2.45, 2.75) is 64.6 Å². The van der Waals surface area contributed by atoms with Gasteiger partial charge in [-0.15, -0.1) is 0 Å². The van der Waals surface area contributed by atoms with Gasteiger partial charge in [0.2, 0.25) is 5.91 Å². The molecular formula is C40H66N10O12S. The number of carboxylic acids is 4. The summed E-state index contributed by atoms with van der Waals surface area (Å²) in [5, 5.41) is 33.6. The Balaban J connectivity index is 0.000000829. The second-order valence-electron chi connectivity index (χ2n) is 14.2. The fraction of sp³-hybridized carbons (Fsp3) is 0.475. The SMILES string of the molecule is CC(N)C(=O)O.CCN(CC)C(=O)[C@@H]1C=C2c3cccc4[nH]cc(c34)C[C@H]2N(C)C1.NCC(=O)O.NCCCCC(N)C(=O)O.NCCS(=O)(=O)O.Nc1cc(N)cc(C(=O)O)c1. The summed E-state index contributed by atoms with van der Waals surface area (Å²) in [6.07, 6.45) is 7.57. The molecule has 22 nitrogen and oxygen atoms in total. The van der Waals surface area contributed by atoms with E-state index in [-0.39, 0.29) is 36.2 Å². The molecule has 63 heavy (non-hydrogen) atoms. The Morgan fingerprint density at radius 3 is 1.87 bits per heavy atom. The average Bonchev–Trinajstić information content (AvgIpc) is 3.62. The van der Waals surface area contributed by atoms with Gasteiger partial charge in [-0.25, -0.2) is 4.79 Å². The molecule has 1 aromatic heterocycles. The van der Waals surface area contributed by atoms with Crippen LogP contribution >= 0.6 is 0 Å². The van der Waals surface area contributed by atoms with Crippen LogP contribution in [-0.4, -0.2) is 148 Å². The predicted molar refractivity (Wildman–Crippen MR) is 242 cm³/mol. The Bertz CT molecular complexity index is 2050. The first-order valence-electron chi connectivity index (χ1n) is 19.8. The summed E-state index contributed by atoms with van der Waals surface area (Å²) in [6, 6.07) is 9.60. The van der Waals surface area contributed by atoms with Crippen LogP contribution in [0.1, 0.15) is 61.5 Å². The number of benzene rings is 2. The van der Waals surface area contributed by atoms with Crippen molar-refractivity contribution in [2.24, 2.45) is 34.6 Å². The summed E-state index contributed by atoms with van der Waals surface area (Å²) >= 11 is 0. The number of likely N-dealkylation sites (N-methyl/N-ethyl adjacent to an activating group) is 1. The molecule has 0 bridgehead atoms. The van der Waals surface area contributed by atoms with E-state index in [2.05, 4.69) is 67.0 Å². The number of fused-ring (bicyclic) bond motifs is 2. The first kappa shape index (κ1) is 57.3. The van der Waals surface area contributed by atoms with Gasteiger partial charge in [0.1, 0.15) is 12.1 Å². The number of nitrogens with one attached hydrogen (secondary N) is 1. The molecule has 2 aliphatic rings. The Hall–Kier alpha value is -5.66. The average molecular weight is 911 g/mol. The first-order valence-corrected chi connectivity index (χ1v) is 21.4. The molecule has 23 heteroatoms. The number of carbonyl (C=O) groups is 5. The number of hydrogen-bond donors (Lipinski definition) is 13. The van der Waals surface area contributed by atoms with Crippen LogP contribution in [0.15, 0.2) is 48.7 Å². The summed E-state index contributed by atoms with van der Waals surface area (Å²) < 4.78 is 27.3. The molecule has 1 amide bonds. The number of aromatic amines is 1. The van der Waals surface area contributed by atoms with Crippen molar-refractivity contribution in [1.29, 1.82) is 0 Å². The molecule has 0 saturated carbocycles. The minimum atomic E-state index is -3.80. The molecule has 1 aliphatic carbocycles. The molecule has 2 aromatic carbocycles. The van der Waals surface area contributed by atoms with E-state index in [1.54, 1.807) is 0 Å². The number of nitrogen functional groups attached to an aromatic ring is 2. The zero-order valence-electron chi connectivity index (χ0n) is 36.1. The van der Waals surface area contributed by atoms with Gasteiger partial charge in [-0.2, -0.15) is 8.42 Å². The second-order valence-corrected chi connectivity index (χ2v) is 15.7. The molecule has 20 N–H and O–H groups in total. The van der Waals surface area contributed by atoms with Crippen LogP contribution < -0.4 is 40.1 Å². The number of aromatic nitrogens is 1. The van der Waals surface area contributed by atoms with Gasteiger partial charge in [0.15, 0.2) is 0 Å². The van der Waals surface area contributed by atoms with Crippen LogP contribution in [0, 0.1) is 5.92 Å². The number of aromatic carboxylic acids is 1. The highest BCUT2D eigenvalue weighted by Crippen LogP contribution is 2.41. The molecule has 1 aliphatic heterocycles. The minimum Gasteiger partial charge on any atom is -0.480 e. The predicted octanol–water partition coefficient (Wildman–Crippen LogP) is 0.263. The Morgan fingerprint density at radius 1 is 0.905 bits per heavy atom. The van der Waals surface area contributed by atoms with Gasteiger partial charge in [-0.1, -0.05) is 24.6 Å². The standard InChI is InChI=1S/C20H25N3O.C7H8N2O2.C6H14N2O2.C3H7NO2.C2H7NO3S.C2H5NO2/c1-4-23(5-2)20(24)14-9-16-15-7-6-8-17-19(15)13(11-21-17)10-18(16)22(3)12-14;8-5-1-4(7(10)11)2-6(9)3-5;7-4-2-1-3-5(8)6(9)10;1-2(4)3(5)6;3-1-2-7(4,5)6;3-1-2(4)5/h6-9,11,14,18,21H,4-5,10,12H2,1-3H3;1-3H,8-9H2,(H,10,11);5H,1-4,7-8H2,(H,9,10);2H,4H2,1H3,(H,5,6);1-3H2,(H,4,5,6);1,3H2,(H,4,5)/t14-,18-;;;;;/m1...../s1. The van der Waals surface area contributed by atoms with E-state index in [1.165, 1.54) is 52.7 Å². The summed E-state index contributed by atoms with van der Waals surface area (Å²) in [5.74, 6) is -4.03. The van der Waals surface area contributed by atoms with Crippen LogP contribution in [0.5, 0.6) is 0 Å². The molecule has 0 fully saturated rings. The lowest BCUT2D eigenvalue weighted by molar-refractivity contribution is -0.139. The van der Waals surface area contributed by atoms with E-state index in [0.717, 1.165) is 38.9 Å². The lowest BCUT2D eigenvalue weighted by atomic mass is 9.79. The maximum atomic E-state index is 12.9. The van der Waals surface area contributed by atoms with Crippen LogP contribution in [0.4, 0.5) is 11.4 Å². The number of H-pyrrole nitrogens is 1. The molecule has 3 aromatic rings. The second kappa shape index (κ2) is 28.8. The molecule has 0 spiro atoms. The fourth-order valence-electron chi connectivity index (χ4n) is 5.96. The number of nitrogens with zero attached hydrogens (tertiary/aromatic N) is 2. The molecular weight excluding hydrogens is 845 g/mol. The highest BCUT2D eigenvalue weighted by Gasteiger charge is 2.36. The van der Waals surface area contributed by atoms with Crippen LogP contribution in [0.3, 0.4) is 0 Å². The maximum absolute atomic E-state index is 12.9. The van der Waals surface area contributed by atoms with E-state index in [1.807, 2.05) is 4.90 Å². The van der Waals surface area contributed by atoms with Gasteiger partial charge in [-0.05, 0) is 94.6 Å². The summed E-state index contributed by atoms with van der Waals surface area (Å²) in [7, 11) is -1.65. The van der Waals surface area contributed by atoms with Crippen LogP contribution in [0.2, 0.25) is 0 Å². The van der Waals surface area contributed by atoms with Gasteiger partial charge in [0.05, 0.1) is 23.8 Å². The molecule has 0 radical (unpaired) electrons. The third-order valence-corrected chi connectivity index (χ3v) is 9.86. The van der Waals surface area contributed by atoms with Gasteiger partial charge in [0.25, 0.3) is 10.1 Å². The van der Waals surface area contributed by atoms with Crippen molar-refractivity contribution in [3.8, 4) is 0 Å². The van der Waals surface area contributed by atoms with Crippen molar-refractivity contribution in [3.05, 3.63) is 65.4 Å². The van der Waals surface area contributed by atoms with Crippen molar-refractivity contribution < 1.29 is 57.4 Å². The molecule has 354 valence electrons. The number of hydrogen-bond acceptors (Lipinski definition) is 15. The smallest absolute Gasteiger partial charge is 0.335 e. The van der Waals surface area contributed by atoms with Crippen molar-refractivity contribution in [1.82, 2.24) is 14.8 Å². The number of carbonyl (C=O) groups excluding carboxylic acids is 1. The fourth-order valence-corrected chi connectivity index (χ4v) is 6.25. The number of rotatable bonds is 13. The van der Waals surface area contributed by atoms with E-state index in [0.29, 0.717) is 30.4 Å². The topological polar surface area (TPSA) is 425 Å². The number of nitrogens with two attached hydrogens (primary N) is 7. The number of unbranched alkanes of at least 4 members (excludes halogenated alkanes) is 1. The summed E-state index contributed by atoms with van der Waals surface area (Å²) in [6.45, 7) is 8.18. The minimum absolute atomic E-state index is 0.0289. The normalized spacial score (nSPS) is 15.7. The third-order valence-electron chi connectivity index (χ3n) is 9.11. The molecule has 0 saturated heterocycles. The maximum Gasteiger partial charge on any atom is 0.335 e. The van der Waals surface area contributed by atoms with E-state index in [4.69, 9.17) is 59.4 Å². The van der Waals surface area contributed by atoms with Gasteiger partial charge >= 0.3 is 23.9 Å². The van der Waals surface area contributed by atoms with Crippen molar-refractivity contribution in [3.63, 3.8) is 0 Å². The number of amides is 1. The van der Waals surface area contributed by atoms with Crippen LogP contribution in [0.25, 0.3) is 16.5 Å². The number of aliphatic carboxylic acids is 3. The molecule has 5 rings (SSSR count). The molecule has 2 unspecified atom stereocenters. The van der Waals surface area contributed by atoms with Gasteiger partial charge in [0, 0.05) is 60.7 Å². The van der Waals surface area contributed by atoms with E-state index >= 15 is 0 Å². The Labute approximate surface area is 367 Å². The van der Waals surface area contributed by atoms with E-state index in [9.17, 15) is 32.4 Å². The monoisotopic (exact) mass is 910 g/mol. The quantitative estimate of drug-likeness (QED) is 0.0621. The van der Waals surface area contributed by atoms with E-state index < -0.39 is 46.1 Å². The highest BCUT2D eigenvalue weighted by molar-refractivity contribution is 7.85. The Morgan fingerprint density at radius 2 is 1.46 bits per heavy atom.